The molecule has 1 aromatic rings. The minimum atomic E-state index is -2.60. The zero-order chi connectivity index (χ0) is 18.6. The van der Waals surface area contributed by atoms with E-state index in [1.165, 1.54) is 28.0 Å². The molecular weight excluding hydrogens is 485 g/mol. The van der Waals surface area contributed by atoms with Gasteiger partial charge in [-0.05, 0) is 18.6 Å². The Balaban J connectivity index is 1.76. The van der Waals surface area contributed by atoms with Gasteiger partial charge in [0.25, 0.3) is 6.43 Å². The second-order valence-corrected chi connectivity index (χ2v) is 10.7. The highest BCUT2D eigenvalue weighted by Gasteiger charge is 2.70. The fourth-order valence-electron chi connectivity index (χ4n) is 3.02. The Bertz CT molecular complexity index is 734. The van der Waals surface area contributed by atoms with Gasteiger partial charge in [-0.2, -0.15) is 0 Å². The first-order valence-electron chi connectivity index (χ1n) is 7.62. The summed E-state index contributed by atoms with van der Waals surface area (Å²) in [6.07, 6.45) is -1.77. The molecule has 0 bridgehead atoms. The predicted molar refractivity (Wildman–Crippen MR) is 98.7 cm³/mol. The van der Waals surface area contributed by atoms with E-state index in [-0.39, 0.29) is 17.4 Å². The first-order valence-corrected chi connectivity index (χ1v) is 9.58. The van der Waals surface area contributed by atoms with Crippen molar-refractivity contribution in [3.8, 4) is 0 Å². The number of halogens is 5. The number of alkyl halides is 5. The lowest BCUT2D eigenvalue weighted by molar-refractivity contribution is -0.137. The van der Waals surface area contributed by atoms with Crippen LogP contribution in [-0.2, 0) is 9.59 Å². The maximum atomic E-state index is 12.9. The molecule has 136 valence electrons. The number of amides is 2. The Morgan fingerprint density at radius 3 is 2.64 bits per heavy atom. The molecule has 4 nitrogen and oxygen atoms in total. The molecule has 0 spiro atoms. The normalized spacial score (nSPS) is 27.7. The lowest BCUT2D eigenvalue weighted by Crippen LogP contribution is -2.47. The number of nitrogens with zero attached hydrogens (tertiary/aromatic N) is 2. The number of carbonyl (C=O) groups excluding carboxylic acids is 2. The molecular formula is C16H15Br2ClF2N2O2. The lowest BCUT2D eigenvalue weighted by Gasteiger charge is -2.26. The maximum Gasteiger partial charge on any atom is 0.263 e. The second-order valence-electron chi connectivity index (χ2n) is 6.29. The number of carbonyl (C=O) groups is 2. The van der Waals surface area contributed by atoms with Crippen LogP contribution in [0.3, 0.4) is 0 Å². The topological polar surface area (TPSA) is 40.6 Å². The van der Waals surface area contributed by atoms with Crippen molar-refractivity contribution in [3.05, 3.63) is 29.8 Å². The molecule has 9 heteroatoms. The zero-order valence-corrected chi connectivity index (χ0v) is 17.1. The third-order valence-electron chi connectivity index (χ3n) is 4.66. The Morgan fingerprint density at radius 2 is 2.08 bits per heavy atom. The van der Waals surface area contributed by atoms with E-state index in [2.05, 4.69) is 31.9 Å². The third kappa shape index (κ3) is 3.21. The van der Waals surface area contributed by atoms with Crippen LogP contribution >= 0.6 is 43.5 Å². The number of hydrogen-bond donors (Lipinski definition) is 0. The molecule has 1 aliphatic carbocycles. The average molecular weight is 501 g/mol. The molecule has 0 N–H and O–H groups in total. The van der Waals surface area contributed by atoms with Gasteiger partial charge in [-0.25, -0.2) is 8.78 Å². The van der Waals surface area contributed by atoms with E-state index < -0.39 is 20.6 Å². The first kappa shape index (κ1) is 19.0. The molecule has 1 saturated heterocycles. The minimum Gasteiger partial charge on any atom is -0.332 e. The van der Waals surface area contributed by atoms with E-state index in [1.807, 2.05) is 0 Å². The summed E-state index contributed by atoms with van der Waals surface area (Å²) in [4.78, 5) is 27.0. The summed E-state index contributed by atoms with van der Waals surface area (Å²) >= 11 is 13.0. The van der Waals surface area contributed by atoms with Gasteiger partial charge in [0, 0.05) is 31.3 Å². The van der Waals surface area contributed by atoms with Crippen LogP contribution in [-0.4, -0.2) is 44.5 Å². The molecule has 0 radical (unpaired) electrons. The molecule has 1 saturated carbocycles. The molecule has 25 heavy (non-hydrogen) atoms. The van der Waals surface area contributed by atoms with E-state index in [9.17, 15) is 18.4 Å². The molecule has 2 amide bonds. The number of anilines is 1. The van der Waals surface area contributed by atoms with Gasteiger partial charge in [-0.15, -0.1) is 11.6 Å². The molecule has 1 aliphatic heterocycles. The van der Waals surface area contributed by atoms with Crippen molar-refractivity contribution in [2.24, 2.45) is 0 Å². The molecule has 2 unspecified atom stereocenters. The molecule has 1 aromatic carbocycles. The molecule has 2 atom stereocenters. The molecule has 0 aromatic heterocycles. The van der Waals surface area contributed by atoms with Crippen molar-refractivity contribution in [3.63, 3.8) is 0 Å². The first-order chi connectivity index (χ1) is 11.6. The number of rotatable bonds is 4. The smallest absolute Gasteiger partial charge is 0.263 e. The van der Waals surface area contributed by atoms with Crippen LogP contribution in [0.25, 0.3) is 0 Å². The molecule has 1 heterocycles. The molecule has 2 fully saturated rings. The number of benzene rings is 1. The van der Waals surface area contributed by atoms with E-state index >= 15 is 0 Å². The Kier molecular flexibility index (Phi) is 4.92. The Hall–Kier alpha value is -0.730. The van der Waals surface area contributed by atoms with Gasteiger partial charge in [0.1, 0.15) is 9.28 Å². The SMILES string of the molecule is CN(C(=O)C1(Cl)CC1(Br)Br)C1CCN(c2cccc(C(F)F)c2)C1=O. The fourth-order valence-corrected chi connectivity index (χ4v) is 4.86. The van der Waals surface area contributed by atoms with E-state index in [4.69, 9.17) is 11.6 Å². The summed E-state index contributed by atoms with van der Waals surface area (Å²) in [6, 6.07) is 5.07. The van der Waals surface area contributed by atoms with Gasteiger partial charge in [0.2, 0.25) is 11.8 Å². The van der Waals surface area contributed by atoms with Crippen LogP contribution in [0.2, 0.25) is 0 Å². The van der Waals surface area contributed by atoms with Crippen LogP contribution in [0.15, 0.2) is 24.3 Å². The van der Waals surface area contributed by atoms with Gasteiger partial charge in [-0.1, -0.05) is 44.0 Å². The zero-order valence-electron chi connectivity index (χ0n) is 13.2. The molecule has 2 aliphatic rings. The van der Waals surface area contributed by atoms with Gasteiger partial charge in [-0.3, -0.25) is 9.59 Å². The summed E-state index contributed by atoms with van der Waals surface area (Å²) in [7, 11) is 1.54. The van der Waals surface area contributed by atoms with Crippen LogP contribution in [0.1, 0.15) is 24.8 Å². The summed E-state index contributed by atoms with van der Waals surface area (Å²) in [6.45, 7) is 0.358. The number of likely N-dealkylation sites (N-methyl/N-ethyl adjacent to an activating group) is 1. The number of hydrogen-bond acceptors (Lipinski definition) is 2. The predicted octanol–water partition coefficient (Wildman–Crippen LogP) is 4.06. The monoisotopic (exact) mass is 498 g/mol. The van der Waals surface area contributed by atoms with Crippen LogP contribution in [0, 0.1) is 0 Å². The highest BCUT2D eigenvalue weighted by atomic mass is 79.9. The molecule has 3 rings (SSSR count). The van der Waals surface area contributed by atoms with Gasteiger partial charge >= 0.3 is 0 Å². The summed E-state index contributed by atoms with van der Waals surface area (Å²) < 4.78 is 25.1. The summed E-state index contributed by atoms with van der Waals surface area (Å²) in [5.74, 6) is -0.637. The van der Waals surface area contributed by atoms with Gasteiger partial charge < -0.3 is 9.80 Å². The van der Waals surface area contributed by atoms with Crippen molar-refractivity contribution in [1.29, 1.82) is 0 Å². The van der Waals surface area contributed by atoms with Crippen molar-refractivity contribution in [2.45, 2.75) is 33.4 Å². The van der Waals surface area contributed by atoms with Gasteiger partial charge in [0.05, 0.1) is 0 Å². The highest BCUT2D eigenvalue weighted by Crippen LogP contribution is 2.64. The largest absolute Gasteiger partial charge is 0.332 e. The van der Waals surface area contributed by atoms with Crippen LogP contribution in [0.4, 0.5) is 14.5 Å². The standard InChI is InChI=1S/C16H15Br2ClF2N2O2/c1-22(14(25)15(19)8-16(15,17)18)11-5-6-23(13(11)24)10-4-2-3-9(7-10)12(20)21/h2-4,7,11-12H,5-6,8H2,1H3. The maximum absolute atomic E-state index is 12.9. The van der Waals surface area contributed by atoms with Crippen molar-refractivity contribution in [2.75, 3.05) is 18.5 Å². The second kappa shape index (κ2) is 6.46. The summed E-state index contributed by atoms with van der Waals surface area (Å²) in [5, 5.41) is 0. The van der Waals surface area contributed by atoms with Crippen LogP contribution < -0.4 is 4.90 Å². The van der Waals surface area contributed by atoms with E-state index in [1.54, 1.807) is 13.1 Å². The van der Waals surface area contributed by atoms with Crippen LogP contribution in [0.5, 0.6) is 0 Å². The fraction of sp³-hybridized carbons (Fsp3) is 0.500. The van der Waals surface area contributed by atoms with E-state index in [0.717, 1.165) is 0 Å². The van der Waals surface area contributed by atoms with Crippen molar-refractivity contribution < 1.29 is 18.4 Å². The Labute approximate surface area is 165 Å². The minimum absolute atomic E-state index is 0.140. The van der Waals surface area contributed by atoms with Crippen molar-refractivity contribution >= 4 is 61.0 Å². The quantitative estimate of drug-likeness (QED) is 0.586. The highest BCUT2D eigenvalue weighted by molar-refractivity contribution is 9.25. The lowest BCUT2D eigenvalue weighted by atomic mass is 10.2. The third-order valence-corrected chi connectivity index (χ3v) is 7.65. The van der Waals surface area contributed by atoms with Gasteiger partial charge in [0.15, 0.2) is 4.87 Å². The van der Waals surface area contributed by atoms with Crippen molar-refractivity contribution in [1.82, 2.24) is 4.90 Å². The average Bonchev–Trinajstić information content (AvgIpc) is 2.89. The Morgan fingerprint density at radius 1 is 1.44 bits per heavy atom. The summed E-state index contributed by atoms with van der Waals surface area (Å²) in [5.41, 5.74) is 0.271. The van der Waals surface area contributed by atoms with E-state index in [0.29, 0.717) is 25.1 Å².